The Morgan fingerprint density at radius 1 is 1.24 bits per heavy atom. The fraction of sp³-hybridized carbons (Fsp3) is 0.308. The molecule has 200 valence electrons. The Labute approximate surface area is 229 Å². The van der Waals surface area contributed by atoms with Crippen LogP contribution >= 0.6 is 22.9 Å². The van der Waals surface area contributed by atoms with Crippen LogP contribution in [0, 0.1) is 0 Å². The van der Waals surface area contributed by atoms with Crippen LogP contribution in [0.4, 0.5) is 0 Å². The first-order valence-electron chi connectivity index (χ1n) is 12.0. The monoisotopic (exact) mass is 574 g/mol. The lowest BCUT2D eigenvalue weighted by Gasteiger charge is -2.22. The van der Waals surface area contributed by atoms with E-state index in [-0.39, 0.29) is 21.9 Å². The molecule has 0 bridgehead atoms. The van der Waals surface area contributed by atoms with Crippen molar-refractivity contribution >= 4 is 49.6 Å². The van der Waals surface area contributed by atoms with Gasteiger partial charge in [0.1, 0.15) is 21.8 Å². The maximum absolute atomic E-state index is 13.1. The molecule has 1 fully saturated rings. The molecule has 1 aliphatic heterocycles. The Hall–Kier alpha value is -2.96. The van der Waals surface area contributed by atoms with Crippen molar-refractivity contribution in [1.29, 1.82) is 0 Å². The normalized spacial score (nSPS) is 16.0. The molecular formula is C26H27ClN4O5S2. The molecule has 9 nitrogen and oxygen atoms in total. The first-order valence-corrected chi connectivity index (χ1v) is 14.9. The summed E-state index contributed by atoms with van der Waals surface area (Å²) in [5.41, 5.74) is 3.08. The number of nitrogens with one attached hydrogen (secondary N) is 2. The summed E-state index contributed by atoms with van der Waals surface area (Å²) in [4.78, 5) is 12.4. The Morgan fingerprint density at radius 3 is 2.79 bits per heavy atom. The summed E-state index contributed by atoms with van der Waals surface area (Å²) in [6.07, 6.45) is 0. The third-order valence-corrected chi connectivity index (χ3v) is 9.68. The van der Waals surface area contributed by atoms with Gasteiger partial charge in [-0.15, -0.1) is 11.3 Å². The molecule has 0 aliphatic carbocycles. The number of ether oxygens (including phenoxy) is 2. The van der Waals surface area contributed by atoms with Gasteiger partial charge in [-0.1, -0.05) is 41.9 Å². The minimum Gasteiger partial charge on any atom is -0.496 e. The number of nitrogens with zero attached hydrogens (tertiary/aromatic N) is 2. The number of aromatic nitrogens is 2. The Morgan fingerprint density at radius 2 is 2.05 bits per heavy atom. The highest BCUT2D eigenvalue weighted by atomic mass is 35.5. The van der Waals surface area contributed by atoms with Crippen molar-refractivity contribution in [1.82, 2.24) is 20.4 Å². The molecule has 5 rings (SSSR count). The topological polar surface area (TPSA) is 112 Å². The molecule has 2 aromatic carbocycles. The van der Waals surface area contributed by atoms with Crippen LogP contribution in [0.25, 0.3) is 10.9 Å². The second-order valence-corrected chi connectivity index (χ2v) is 12.8. The summed E-state index contributed by atoms with van der Waals surface area (Å²) in [5.74, 6) is 0.177. The standard InChI is InChI=1S/C26H27ClN4O5S2/c1-35-22-7-3-6-21-25(22)20(16-38(33,34)24-9-8-23(27)37-24)30-31(21)14-18-5-2-4-17(12-18)13-29-26(32)19-15-36-11-10-28-19/h2-9,12,19,28H,10-11,13-16H2,1H3,(H,29,32). The van der Waals surface area contributed by atoms with Crippen molar-refractivity contribution in [2.75, 3.05) is 26.9 Å². The van der Waals surface area contributed by atoms with E-state index in [0.29, 0.717) is 54.0 Å². The molecule has 4 aromatic rings. The number of rotatable bonds is 9. The third kappa shape index (κ3) is 5.87. The lowest BCUT2D eigenvalue weighted by Crippen LogP contribution is -2.51. The number of halogens is 1. The first-order chi connectivity index (χ1) is 18.3. The Bertz CT molecular complexity index is 1560. The lowest BCUT2D eigenvalue weighted by atomic mass is 10.1. The average molecular weight is 575 g/mol. The van der Waals surface area contributed by atoms with Crippen LogP contribution in [0.15, 0.2) is 58.8 Å². The maximum Gasteiger partial charge on any atom is 0.239 e. The zero-order valence-electron chi connectivity index (χ0n) is 20.6. The van der Waals surface area contributed by atoms with Gasteiger partial charge >= 0.3 is 0 Å². The van der Waals surface area contributed by atoms with Crippen LogP contribution < -0.4 is 15.4 Å². The number of hydrogen-bond donors (Lipinski definition) is 2. The van der Waals surface area contributed by atoms with Crippen LogP contribution in [0.3, 0.4) is 0 Å². The molecule has 1 saturated heterocycles. The van der Waals surface area contributed by atoms with Crippen LogP contribution in [0.1, 0.15) is 16.8 Å². The van der Waals surface area contributed by atoms with Crippen molar-refractivity contribution in [2.24, 2.45) is 0 Å². The number of thiophene rings is 1. The van der Waals surface area contributed by atoms with Crippen molar-refractivity contribution in [3.05, 3.63) is 75.8 Å². The van der Waals surface area contributed by atoms with Crippen molar-refractivity contribution in [3.8, 4) is 5.75 Å². The second kappa shape index (κ2) is 11.4. The number of methoxy groups -OCH3 is 1. The molecule has 1 aliphatic rings. The van der Waals surface area contributed by atoms with Gasteiger partial charge in [-0.2, -0.15) is 5.10 Å². The molecule has 0 radical (unpaired) electrons. The highest BCUT2D eigenvalue weighted by Crippen LogP contribution is 2.33. The van der Waals surface area contributed by atoms with Gasteiger partial charge in [0.15, 0.2) is 9.84 Å². The smallest absolute Gasteiger partial charge is 0.239 e. The summed E-state index contributed by atoms with van der Waals surface area (Å²) in [6, 6.07) is 16.1. The van der Waals surface area contributed by atoms with Gasteiger partial charge in [0.25, 0.3) is 0 Å². The molecule has 1 unspecified atom stereocenters. The van der Waals surface area contributed by atoms with Crippen LogP contribution in [0.5, 0.6) is 5.75 Å². The van der Waals surface area contributed by atoms with E-state index in [1.54, 1.807) is 23.9 Å². The maximum atomic E-state index is 13.1. The zero-order chi connectivity index (χ0) is 26.7. The van der Waals surface area contributed by atoms with Gasteiger partial charge < -0.3 is 20.1 Å². The van der Waals surface area contributed by atoms with Crippen LogP contribution in [-0.2, 0) is 38.2 Å². The van der Waals surface area contributed by atoms with Crippen molar-refractivity contribution in [2.45, 2.75) is 29.1 Å². The highest BCUT2D eigenvalue weighted by Gasteiger charge is 2.24. The molecule has 38 heavy (non-hydrogen) atoms. The first kappa shape index (κ1) is 26.6. The van der Waals surface area contributed by atoms with E-state index in [2.05, 4.69) is 10.6 Å². The minimum absolute atomic E-state index is 0.0989. The highest BCUT2D eigenvalue weighted by molar-refractivity contribution is 7.92. The third-order valence-electron chi connectivity index (χ3n) is 6.24. The second-order valence-electron chi connectivity index (χ2n) is 8.90. The van der Waals surface area contributed by atoms with Crippen molar-refractivity contribution < 1.29 is 22.7 Å². The molecule has 12 heteroatoms. The van der Waals surface area contributed by atoms with Gasteiger partial charge in [0, 0.05) is 13.1 Å². The number of fused-ring (bicyclic) bond motifs is 1. The molecule has 0 spiro atoms. The number of benzene rings is 2. The molecule has 2 N–H and O–H groups in total. The summed E-state index contributed by atoms with van der Waals surface area (Å²) < 4.78 is 39.6. The van der Waals surface area contributed by atoms with E-state index >= 15 is 0 Å². The van der Waals surface area contributed by atoms with Crippen LogP contribution in [0.2, 0.25) is 4.34 Å². The fourth-order valence-electron chi connectivity index (χ4n) is 4.44. The number of morpholine rings is 1. The SMILES string of the molecule is COc1cccc2c1c(CS(=O)(=O)c1ccc(Cl)s1)nn2Cc1cccc(CNC(=O)C2COCCN2)c1. The number of amides is 1. The predicted molar refractivity (Wildman–Crippen MR) is 147 cm³/mol. The molecule has 1 amide bonds. The number of carbonyl (C=O) groups excluding carboxylic acids is 1. The molecule has 2 aromatic heterocycles. The fourth-order valence-corrected chi connectivity index (χ4v) is 7.29. The van der Waals surface area contributed by atoms with E-state index in [1.807, 2.05) is 36.4 Å². The van der Waals surface area contributed by atoms with E-state index in [4.69, 9.17) is 26.2 Å². The summed E-state index contributed by atoms with van der Waals surface area (Å²) in [7, 11) is -2.10. The predicted octanol–water partition coefficient (Wildman–Crippen LogP) is 3.39. The Balaban J connectivity index is 1.39. The van der Waals surface area contributed by atoms with E-state index in [9.17, 15) is 13.2 Å². The van der Waals surface area contributed by atoms with E-state index in [0.717, 1.165) is 28.0 Å². The minimum atomic E-state index is -3.65. The van der Waals surface area contributed by atoms with Gasteiger partial charge in [0.05, 0.1) is 47.8 Å². The molecule has 3 heterocycles. The molecule has 0 saturated carbocycles. The summed E-state index contributed by atoms with van der Waals surface area (Å²) in [6.45, 7) is 2.41. The van der Waals surface area contributed by atoms with E-state index in [1.165, 1.54) is 6.07 Å². The van der Waals surface area contributed by atoms with Gasteiger partial charge in [-0.25, -0.2) is 8.42 Å². The van der Waals surface area contributed by atoms with Gasteiger partial charge in [-0.3, -0.25) is 9.48 Å². The van der Waals surface area contributed by atoms with Crippen LogP contribution in [-0.4, -0.2) is 57.0 Å². The van der Waals surface area contributed by atoms with Gasteiger partial charge in [-0.05, 0) is 35.4 Å². The summed E-state index contributed by atoms with van der Waals surface area (Å²) in [5, 5.41) is 11.5. The quantitative estimate of drug-likeness (QED) is 0.315. The number of carbonyl (C=O) groups is 1. The number of hydrogen-bond acceptors (Lipinski definition) is 8. The largest absolute Gasteiger partial charge is 0.496 e. The average Bonchev–Trinajstić information content (AvgIpc) is 3.52. The van der Waals surface area contributed by atoms with Crippen molar-refractivity contribution in [3.63, 3.8) is 0 Å². The number of sulfone groups is 1. The summed E-state index contributed by atoms with van der Waals surface area (Å²) >= 11 is 7.01. The molecule has 1 atom stereocenters. The van der Waals surface area contributed by atoms with E-state index < -0.39 is 9.84 Å². The van der Waals surface area contributed by atoms with Gasteiger partial charge in [0.2, 0.25) is 5.91 Å². The lowest BCUT2D eigenvalue weighted by molar-refractivity contribution is -0.126. The zero-order valence-corrected chi connectivity index (χ0v) is 23.0. The molecular weight excluding hydrogens is 548 g/mol. The Kier molecular flexibility index (Phi) is 8.01.